The molecule has 0 saturated heterocycles. The lowest BCUT2D eigenvalue weighted by Crippen LogP contribution is -2.08. The Hall–Kier alpha value is -2.37. The quantitative estimate of drug-likeness (QED) is 0.878. The van der Waals surface area contributed by atoms with Crippen LogP contribution in [0.3, 0.4) is 0 Å². The minimum atomic E-state index is -0.169. The third kappa shape index (κ3) is 2.42. The van der Waals surface area contributed by atoms with Gasteiger partial charge in [0.05, 0.1) is 11.7 Å². The van der Waals surface area contributed by atoms with Crippen LogP contribution in [0.15, 0.2) is 24.5 Å². The molecule has 0 radical (unpaired) electrons. The molecule has 2 aromatic heterocycles. The summed E-state index contributed by atoms with van der Waals surface area (Å²) >= 11 is 0. The summed E-state index contributed by atoms with van der Waals surface area (Å²) in [5, 5.41) is 7.11. The number of anilines is 2. The largest absolute Gasteiger partial charge is 0.398 e. The van der Waals surface area contributed by atoms with Crippen molar-refractivity contribution < 1.29 is 4.79 Å². The first kappa shape index (κ1) is 11.7. The van der Waals surface area contributed by atoms with E-state index in [1.807, 2.05) is 16.9 Å². The van der Waals surface area contributed by atoms with Gasteiger partial charge in [-0.25, -0.2) is 4.98 Å². The van der Waals surface area contributed by atoms with Gasteiger partial charge < -0.3 is 11.1 Å². The van der Waals surface area contributed by atoms with Gasteiger partial charge in [-0.1, -0.05) is 0 Å². The first-order valence-electron chi connectivity index (χ1n) is 6.22. The number of carbonyl (C=O) groups excluding carboxylic acids is 1. The van der Waals surface area contributed by atoms with Crippen LogP contribution in [-0.4, -0.2) is 20.7 Å². The van der Waals surface area contributed by atoms with Crippen molar-refractivity contribution in [1.82, 2.24) is 14.8 Å². The molecule has 0 aromatic carbocycles. The molecule has 0 aliphatic heterocycles. The second-order valence-electron chi connectivity index (χ2n) is 4.75. The Morgan fingerprint density at radius 3 is 2.95 bits per heavy atom. The van der Waals surface area contributed by atoms with Crippen LogP contribution >= 0.6 is 0 Å². The molecule has 0 unspecified atom stereocenters. The molecule has 3 N–H and O–H groups in total. The van der Waals surface area contributed by atoms with Crippen molar-refractivity contribution in [3.63, 3.8) is 0 Å². The number of amides is 1. The molecule has 1 amide bonds. The fourth-order valence-corrected chi connectivity index (χ4v) is 1.96. The number of nitrogens with one attached hydrogen (secondary N) is 1. The summed E-state index contributed by atoms with van der Waals surface area (Å²) in [5.74, 6) is 0.285. The number of rotatable bonds is 3. The lowest BCUT2D eigenvalue weighted by Gasteiger charge is -2.06. The minimum Gasteiger partial charge on any atom is -0.398 e. The predicted octanol–water partition coefficient (Wildman–Crippen LogP) is 1.82. The predicted molar refractivity (Wildman–Crippen MR) is 72.4 cm³/mol. The standard InChI is InChI=1S/C13H15N5O/c1-8(19)16-13-6-11(14)10(7-15-13)12-4-5-18(17-12)9-2-3-9/h4-7,9H,2-3H2,1H3,(H3,14,15,16,19). The molecule has 0 atom stereocenters. The van der Waals surface area contributed by atoms with E-state index < -0.39 is 0 Å². The normalized spacial score (nSPS) is 14.4. The molecule has 2 heterocycles. The molecular weight excluding hydrogens is 242 g/mol. The summed E-state index contributed by atoms with van der Waals surface area (Å²) < 4.78 is 1.97. The molecule has 1 aliphatic carbocycles. The number of hydrogen-bond donors (Lipinski definition) is 2. The molecule has 6 heteroatoms. The van der Waals surface area contributed by atoms with Crippen LogP contribution in [0.4, 0.5) is 11.5 Å². The van der Waals surface area contributed by atoms with E-state index in [1.165, 1.54) is 19.8 Å². The van der Waals surface area contributed by atoms with Crippen molar-refractivity contribution in [2.75, 3.05) is 11.1 Å². The summed E-state index contributed by atoms with van der Waals surface area (Å²) in [6, 6.07) is 4.12. The van der Waals surface area contributed by atoms with Gasteiger partial charge >= 0.3 is 0 Å². The smallest absolute Gasteiger partial charge is 0.222 e. The first-order chi connectivity index (χ1) is 9.13. The zero-order valence-corrected chi connectivity index (χ0v) is 10.6. The average Bonchev–Trinajstić information content (AvgIpc) is 3.08. The number of nitrogens with zero attached hydrogens (tertiary/aromatic N) is 3. The average molecular weight is 257 g/mol. The van der Waals surface area contributed by atoms with Crippen LogP contribution in [-0.2, 0) is 4.79 Å². The van der Waals surface area contributed by atoms with Crippen LogP contribution < -0.4 is 11.1 Å². The number of nitrogens with two attached hydrogens (primary N) is 1. The number of nitrogen functional groups attached to an aromatic ring is 1. The van der Waals surface area contributed by atoms with Gasteiger partial charge in [0.2, 0.25) is 5.91 Å². The molecule has 3 rings (SSSR count). The summed E-state index contributed by atoms with van der Waals surface area (Å²) in [7, 11) is 0. The molecule has 0 spiro atoms. The van der Waals surface area contributed by atoms with Gasteiger partial charge in [0.1, 0.15) is 5.82 Å². The molecule has 1 fully saturated rings. The van der Waals surface area contributed by atoms with Gasteiger partial charge in [-0.15, -0.1) is 0 Å². The number of carbonyl (C=O) groups is 1. The molecule has 98 valence electrons. The van der Waals surface area contributed by atoms with E-state index >= 15 is 0 Å². The van der Waals surface area contributed by atoms with Gasteiger partial charge in [0, 0.05) is 36.6 Å². The summed E-state index contributed by atoms with van der Waals surface area (Å²) in [5.41, 5.74) is 8.14. The van der Waals surface area contributed by atoms with Crippen molar-refractivity contribution in [3.8, 4) is 11.3 Å². The summed E-state index contributed by atoms with van der Waals surface area (Å²) in [6.07, 6.45) is 5.99. The fourth-order valence-electron chi connectivity index (χ4n) is 1.96. The highest BCUT2D eigenvalue weighted by molar-refractivity contribution is 5.89. The molecule has 0 bridgehead atoms. The van der Waals surface area contributed by atoms with E-state index in [-0.39, 0.29) is 5.91 Å². The summed E-state index contributed by atoms with van der Waals surface area (Å²) in [6.45, 7) is 1.43. The minimum absolute atomic E-state index is 0.169. The lowest BCUT2D eigenvalue weighted by atomic mass is 10.2. The molecular formula is C13H15N5O. The van der Waals surface area contributed by atoms with Crippen LogP contribution in [0.1, 0.15) is 25.8 Å². The maximum atomic E-state index is 11.0. The maximum absolute atomic E-state index is 11.0. The first-order valence-corrected chi connectivity index (χ1v) is 6.22. The molecule has 2 aromatic rings. The SMILES string of the molecule is CC(=O)Nc1cc(N)c(-c2ccn(C3CC3)n2)cn1. The summed E-state index contributed by atoms with van der Waals surface area (Å²) in [4.78, 5) is 15.1. The van der Waals surface area contributed by atoms with E-state index in [1.54, 1.807) is 12.3 Å². The van der Waals surface area contributed by atoms with Crippen molar-refractivity contribution in [2.45, 2.75) is 25.8 Å². The zero-order chi connectivity index (χ0) is 13.4. The van der Waals surface area contributed by atoms with Crippen molar-refractivity contribution in [2.24, 2.45) is 0 Å². The fraction of sp³-hybridized carbons (Fsp3) is 0.308. The van der Waals surface area contributed by atoms with E-state index in [0.717, 1.165) is 11.3 Å². The third-order valence-electron chi connectivity index (χ3n) is 3.05. The maximum Gasteiger partial charge on any atom is 0.222 e. The molecule has 6 nitrogen and oxygen atoms in total. The topological polar surface area (TPSA) is 85.8 Å². The molecule has 1 aliphatic rings. The van der Waals surface area contributed by atoms with Crippen molar-refractivity contribution in [1.29, 1.82) is 0 Å². The van der Waals surface area contributed by atoms with Gasteiger partial charge in [0.25, 0.3) is 0 Å². The second kappa shape index (κ2) is 4.38. The highest BCUT2D eigenvalue weighted by atomic mass is 16.1. The second-order valence-corrected chi connectivity index (χ2v) is 4.75. The Balaban J connectivity index is 1.88. The molecule has 1 saturated carbocycles. The Kier molecular flexibility index (Phi) is 2.70. The van der Waals surface area contributed by atoms with Crippen LogP contribution in [0.2, 0.25) is 0 Å². The van der Waals surface area contributed by atoms with Gasteiger partial charge in [0.15, 0.2) is 0 Å². The van der Waals surface area contributed by atoms with Gasteiger partial charge in [-0.3, -0.25) is 9.48 Å². The highest BCUT2D eigenvalue weighted by Crippen LogP contribution is 2.35. The van der Waals surface area contributed by atoms with Crippen LogP contribution in [0.5, 0.6) is 0 Å². The van der Waals surface area contributed by atoms with Crippen molar-refractivity contribution >= 4 is 17.4 Å². The van der Waals surface area contributed by atoms with Crippen LogP contribution in [0.25, 0.3) is 11.3 Å². The lowest BCUT2D eigenvalue weighted by molar-refractivity contribution is -0.114. The van der Waals surface area contributed by atoms with Crippen LogP contribution in [0, 0.1) is 0 Å². The zero-order valence-electron chi connectivity index (χ0n) is 10.6. The Morgan fingerprint density at radius 1 is 1.53 bits per heavy atom. The van der Waals surface area contributed by atoms with E-state index in [4.69, 9.17) is 5.73 Å². The van der Waals surface area contributed by atoms with Gasteiger partial charge in [-0.2, -0.15) is 5.10 Å². The number of pyridine rings is 1. The Bertz CT molecular complexity index is 630. The molecule has 19 heavy (non-hydrogen) atoms. The monoisotopic (exact) mass is 257 g/mol. The van der Waals surface area contributed by atoms with Crippen molar-refractivity contribution in [3.05, 3.63) is 24.5 Å². The third-order valence-corrected chi connectivity index (χ3v) is 3.05. The number of hydrogen-bond acceptors (Lipinski definition) is 4. The number of aromatic nitrogens is 3. The van der Waals surface area contributed by atoms with E-state index in [2.05, 4.69) is 15.4 Å². The van der Waals surface area contributed by atoms with E-state index in [0.29, 0.717) is 17.5 Å². The highest BCUT2D eigenvalue weighted by Gasteiger charge is 2.24. The Morgan fingerprint density at radius 2 is 2.32 bits per heavy atom. The van der Waals surface area contributed by atoms with Gasteiger partial charge in [-0.05, 0) is 18.9 Å². The Labute approximate surface area is 110 Å². The van der Waals surface area contributed by atoms with E-state index in [9.17, 15) is 4.79 Å².